The Morgan fingerprint density at radius 2 is 1.65 bits per heavy atom. The van der Waals surface area contributed by atoms with E-state index in [1.165, 1.54) is 6.92 Å². The lowest BCUT2D eigenvalue weighted by Crippen LogP contribution is -2.45. The van der Waals surface area contributed by atoms with Gasteiger partial charge in [-0.15, -0.1) is 0 Å². The van der Waals surface area contributed by atoms with Crippen molar-refractivity contribution >= 4 is 23.9 Å². The molecule has 1 saturated heterocycles. The Kier molecular flexibility index (Phi) is 10.3. The first kappa shape index (κ1) is 30.3. The summed E-state index contributed by atoms with van der Waals surface area (Å²) >= 11 is 0. The van der Waals surface area contributed by atoms with Gasteiger partial charge in [0, 0.05) is 0 Å². The third-order valence-electron chi connectivity index (χ3n) is 6.70. The Balaban J connectivity index is 2.24. The molecule has 1 aliphatic heterocycles. The molecule has 0 saturated carbocycles. The van der Waals surface area contributed by atoms with Crippen LogP contribution in [0.5, 0.6) is 0 Å². The fourth-order valence-corrected chi connectivity index (χ4v) is 4.61. The maximum Gasteiger partial charge on any atom is 0.312 e. The van der Waals surface area contributed by atoms with E-state index in [-0.39, 0.29) is 39.1 Å². The van der Waals surface area contributed by atoms with Crippen LogP contribution in [-0.4, -0.2) is 54.4 Å². The summed E-state index contributed by atoms with van der Waals surface area (Å²) in [5, 5.41) is 9.65. The highest BCUT2D eigenvalue weighted by Gasteiger charge is 2.50. The second-order valence-corrected chi connectivity index (χ2v) is 11.1. The standard InChI is InChI=1S/C28H40O9/c1-7-27(5,25(33)37-21-13-22(30)34-16-21)18-28(6,24(32)35-14-19(2)29)17-26(3,4)23(31)36-15-20-11-9-8-10-12-20/h8-12,19,21,29H,7,13-18H2,1-6H3. The average molecular weight is 521 g/mol. The lowest BCUT2D eigenvalue weighted by atomic mass is 9.65. The van der Waals surface area contributed by atoms with E-state index in [1.54, 1.807) is 34.6 Å². The van der Waals surface area contributed by atoms with Gasteiger partial charge in [-0.1, -0.05) is 37.3 Å². The fourth-order valence-electron chi connectivity index (χ4n) is 4.61. The quantitative estimate of drug-likeness (QED) is 0.306. The lowest BCUT2D eigenvalue weighted by molar-refractivity contribution is -0.172. The summed E-state index contributed by atoms with van der Waals surface area (Å²) < 4.78 is 21.4. The van der Waals surface area contributed by atoms with E-state index in [4.69, 9.17) is 18.9 Å². The van der Waals surface area contributed by atoms with Crippen molar-refractivity contribution in [3.63, 3.8) is 0 Å². The number of aliphatic hydroxyl groups excluding tert-OH is 1. The van der Waals surface area contributed by atoms with Crippen molar-refractivity contribution in [1.29, 1.82) is 0 Å². The normalized spacial score (nSPS) is 19.6. The van der Waals surface area contributed by atoms with Crippen molar-refractivity contribution in [2.75, 3.05) is 13.2 Å². The van der Waals surface area contributed by atoms with E-state index in [1.807, 2.05) is 30.3 Å². The lowest BCUT2D eigenvalue weighted by Gasteiger charge is -2.40. The number of benzene rings is 1. The zero-order chi connectivity index (χ0) is 27.9. The summed E-state index contributed by atoms with van der Waals surface area (Å²) in [5.74, 6) is -2.12. The van der Waals surface area contributed by atoms with E-state index in [0.29, 0.717) is 6.42 Å². The molecule has 1 N–H and O–H groups in total. The number of rotatable bonds is 13. The zero-order valence-electron chi connectivity index (χ0n) is 22.7. The molecule has 0 radical (unpaired) electrons. The number of carbonyl (C=O) groups is 4. The van der Waals surface area contributed by atoms with Crippen LogP contribution in [-0.2, 0) is 44.7 Å². The van der Waals surface area contributed by atoms with Crippen molar-refractivity contribution in [2.45, 2.75) is 86.0 Å². The van der Waals surface area contributed by atoms with Crippen LogP contribution < -0.4 is 0 Å². The molecule has 0 spiro atoms. The number of aliphatic hydroxyl groups is 1. The molecule has 1 heterocycles. The van der Waals surface area contributed by atoms with Gasteiger partial charge in [-0.2, -0.15) is 0 Å². The molecule has 4 unspecified atom stereocenters. The van der Waals surface area contributed by atoms with Crippen LogP contribution in [0.4, 0.5) is 0 Å². The number of carbonyl (C=O) groups excluding carboxylic acids is 4. The van der Waals surface area contributed by atoms with Crippen LogP contribution >= 0.6 is 0 Å². The van der Waals surface area contributed by atoms with Crippen molar-refractivity contribution in [2.24, 2.45) is 16.2 Å². The van der Waals surface area contributed by atoms with E-state index >= 15 is 0 Å². The van der Waals surface area contributed by atoms with Crippen molar-refractivity contribution in [1.82, 2.24) is 0 Å². The van der Waals surface area contributed by atoms with Gasteiger partial charge in [-0.05, 0) is 59.4 Å². The van der Waals surface area contributed by atoms with Crippen LogP contribution in [0.25, 0.3) is 0 Å². The smallest absolute Gasteiger partial charge is 0.312 e. The molecule has 1 aliphatic rings. The van der Waals surface area contributed by atoms with Gasteiger partial charge in [0.25, 0.3) is 0 Å². The summed E-state index contributed by atoms with van der Waals surface area (Å²) in [6.45, 7) is 9.87. The van der Waals surface area contributed by atoms with Crippen LogP contribution in [0.15, 0.2) is 30.3 Å². The minimum atomic E-state index is -1.30. The molecule has 0 aliphatic carbocycles. The first-order chi connectivity index (χ1) is 17.2. The molecule has 206 valence electrons. The molecule has 1 fully saturated rings. The molecule has 0 amide bonds. The minimum Gasteiger partial charge on any atom is -0.463 e. The Morgan fingerprint density at radius 3 is 2.19 bits per heavy atom. The first-order valence-electron chi connectivity index (χ1n) is 12.6. The highest BCUT2D eigenvalue weighted by Crippen LogP contribution is 2.46. The minimum absolute atomic E-state index is 0.00164. The molecule has 0 aromatic heterocycles. The average Bonchev–Trinajstić information content (AvgIpc) is 3.25. The predicted octanol–water partition coefficient (Wildman–Crippen LogP) is 3.74. The third-order valence-corrected chi connectivity index (χ3v) is 6.70. The Morgan fingerprint density at radius 1 is 1.00 bits per heavy atom. The molecular weight excluding hydrogens is 480 g/mol. The molecule has 1 aromatic carbocycles. The molecule has 9 heteroatoms. The van der Waals surface area contributed by atoms with Gasteiger partial charge in [0.15, 0.2) is 0 Å². The second kappa shape index (κ2) is 12.5. The maximum atomic E-state index is 13.4. The van der Waals surface area contributed by atoms with E-state index < -0.39 is 52.3 Å². The number of cyclic esters (lactones) is 1. The fraction of sp³-hybridized carbons (Fsp3) is 0.643. The highest BCUT2D eigenvalue weighted by atomic mass is 16.6. The summed E-state index contributed by atoms with van der Waals surface area (Å²) in [7, 11) is 0. The molecule has 2 rings (SSSR count). The number of esters is 4. The second-order valence-electron chi connectivity index (χ2n) is 11.1. The molecule has 4 atom stereocenters. The zero-order valence-corrected chi connectivity index (χ0v) is 22.7. The molecule has 0 bridgehead atoms. The van der Waals surface area contributed by atoms with Gasteiger partial charge in [-0.3, -0.25) is 19.2 Å². The predicted molar refractivity (Wildman–Crippen MR) is 134 cm³/mol. The van der Waals surface area contributed by atoms with Gasteiger partial charge in [0.2, 0.25) is 0 Å². The Hall–Kier alpha value is -2.94. The van der Waals surface area contributed by atoms with Crippen LogP contribution in [0.2, 0.25) is 0 Å². The highest BCUT2D eigenvalue weighted by molar-refractivity contribution is 5.83. The monoisotopic (exact) mass is 520 g/mol. The molecule has 37 heavy (non-hydrogen) atoms. The van der Waals surface area contributed by atoms with Crippen molar-refractivity contribution < 1.29 is 43.2 Å². The van der Waals surface area contributed by atoms with Crippen LogP contribution in [0, 0.1) is 16.2 Å². The number of hydrogen-bond donors (Lipinski definition) is 1. The first-order valence-corrected chi connectivity index (χ1v) is 12.6. The van der Waals surface area contributed by atoms with Crippen LogP contribution in [0.3, 0.4) is 0 Å². The van der Waals surface area contributed by atoms with Gasteiger partial charge >= 0.3 is 23.9 Å². The molecule has 1 aromatic rings. The number of ether oxygens (including phenoxy) is 4. The third kappa shape index (κ3) is 8.55. The maximum absolute atomic E-state index is 13.4. The van der Waals surface area contributed by atoms with E-state index in [0.717, 1.165) is 5.56 Å². The summed E-state index contributed by atoms with van der Waals surface area (Å²) in [5.41, 5.74) is -2.68. The SMILES string of the molecule is CCC(C)(CC(C)(CC(C)(C)C(=O)OCc1ccccc1)C(=O)OCC(C)O)C(=O)OC1COC(=O)C1. The largest absolute Gasteiger partial charge is 0.463 e. The van der Waals surface area contributed by atoms with E-state index in [2.05, 4.69) is 0 Å². The van der Waals surface area contributed by atoms with Crippen molar-refractivity contribution in [3.05, 3.63) is 35.9 Å². The molecule has 9 nitrogen and oxygen atoms in total. The summed E-state index contributed by atoms with van der Waals surface area (Å²) in [6, 6.07) is 9.26. The molecular formula is C28H40O9. The Bertz CT molecular complexity index is 956. The summed E-state index contributed by atoms with van der Waals surface area (Å²) in [6.07, 6.45) is -1.18. The van der Waals surface area contributed by atoms with Gasteiger partial charge < -0.3 is 24.1 Å². The topological polar surface area (TPSA) is 125 Å². The van der Waals surface area contributed by atoms with E-state index in [9.17, 15) is 24.3 Å². The van der Waals surface area contributed by atoms with Crippen molar-refractivity contribution in [3.8, 4) is 0 Å². The summed E-state index contributed by atoms with van der Waals surface area (Å²) in [4.78, 5) is 51.1. The van der Waals surface area contributed by atoms with Gasteiger partial charge in [0.05, 0.1) is 28.8 Å². The van der Waals surface area contributed by atoms with Crippen LogP contribution in [0.1, 0.15) is 72.8 Å². The number of hydrogen-bond acceptors (Lipinski definition) is 9. The van der Waals surface area contributed by atoms with Gasteiger partial charge in [-0.25, -0.2) is 0 Å². The Labute approximate surface area is 218 Å². The van der Waals surface area contributed by atoms with Gasteiger partial charge in [0.1, 0.15) is 25.9 Å².